The number of nitrogens with one attached hydrogen (secondary N) is 1. The number of halogens is 3. The summed E-state index contributed by atoms with van der Waals surface area (Å²) in [4.78, 5) is 13.5. The Morgan fingerprint density at radius 1 is 1.39 bits per heavy atom. The largest absolute Gasteiger partial charge is 0.373 e. The minimum atomic E-state index is -1.57. The number of nitrogens with zero attached hydrogens (tertiary/aromatic N) is 1. The van der Waals surface area contributed by atoms with Crippen LogP contribution in [0.1, 0.15) is 27.2 Å². The monoisotopic (exact) mass is 316 g/mol. The van der Waals surface area contributed by atoms with Gasteiger partial charge in [0.15, 0.2) is 0 Å². The number of hydrogen-bond donors (Lipinski definition) is 1. The summed E-state index contributed by atoms with van der Waals surface area (Å²) < 4.78 is 4.06. The summed E-state index contributed by atoms with van der Waals surface area (Å²) in [6.07, 6.45) is -0.194. The molecule has 3 atom stereocenters. The molecule has 4 nitrogen and oxygen atoms in total. The SMILES string of the molecule is CCC(=O)N[C@@H](N1C[C@@H](C)O[C@@H](C)C1)C(Cl)(Cl)Cl. The Balaban J connectivity index is 2.79. The van der Waals surface area contributed by atoms with E-state index in [0.29, 0.717) is 19.5 Å². The van der Waals surface area contributed by atoms with Crippen molar-refractivity contribution in [3.8, 4) is 0 Å². The molecule has 18 heavy (non-hydrogen) atoms. The second-order valence-corrected chi connectivity index (χ2v) is 6.95. The molecule has 1 saturated heterocycles. The van der Waals surface area contributed by atoms with Crippen molar-refractivity contribution in [1.82, 2.24) is 10.2 Å². The van der Waals surface area contributed by atoms with E-state index in [4.69, 9.17) is 39.5 Å². The van der Waals surface area contributed by atoms with Crippen molar-refractivity contribution in [1.29, 1.82) is 0 Å². The molecule has 0 bridgehead atoms. The maximum Gasteiger partial charge on any atom is 0.223 e. The van der Waals surface area contributed by atoms with Crippen molar-refractivity contribution in [2.75, 3.05) is 13.1 Å². The third-order valence-corrected chi connectivity index (χ3v) is 3.36. The van der Waals surface area contributed by atoms with Crippen LogP contribution in [0.3, 0.4) is 0 Å². The number of morpholine rings is 1. The first-order valence-corrected chi connectivity index (χ1v) is 7.13. The molecule has 1 amide bonds. The van der Waals surface area contributed by atoms with Crippen LogP contribution in [0.25, 0.3) is 0 Å². The summed E-state index contributed by atoms with van der Waals surface area (Å²) in [5.74, 6) is -0.141. The molecule has 1 aliphatic rings. The fourth-order valence-electron chi connectivity index (χ4n) is 2.06. The molecule has 1 rings (SSSR count). The summed E-state index contributed by atoms with van der Waals surface area (Å²) >= 11 is 17.9. The molecule has 1 aliphatic heterocycles. The van der Waals surface area contributed by atoms with Gasteiger partial charge in [-0.15, -0.1) is 0 Å². The van der Waals surface area contributed by atoms with Gasteiger partial charge < -0.3 is 10.1 Å². The van der Waals surface area contributed by atoms with Gasteiger partial charge in [-0.1, -0.05) is 41.7 Å². The Morgan fingerprint density at radius 3 is 2.28 bits per heavy atom. The van der Waals surface area contributed by atoms with Crippen LogP contribution in [-0.4, -0.2) is 46.1 Å². The normalized spacial score (nSPS) is 27.9. The summed E-state index contributed by atoms with van der Waals surface area (Å²) in [5.41, 5.74) is 0. The standard InChI is InChI=1S/C11H19Cl3N2O2/c1-4-9(17)15-10(11(12,13)14)16-5-7(2)18-8(3)6-16/h7-8,10H,4-6H2,1-3H3,(H,15,17)/t7-,8+,10-/m0/s1. The van der Waals surface area contributed by atoms with Gasteiger partial charge in [0, 0.05) is 19.5 Å². The number of hydrogen-bond acceptors (Lipinski definition) is 3. The highest BCUT2D eigenvalue weighted by molar-refractivity contribution is 6.68. The van der Waals surface area contributed by atoms with Crippen molar-refractivity contribution < 1.29 is 9.53 Å². The van der Waals surface area contributed by atoms with Gasteiger partial charge in [0.25, 0.3) is 0 Å². The molecule has 0 radical (unpaired) electrons. The van der Waals surface area contributed by atoms with Crippen LogP contribution in [0, 0.1) is 0 Å². The lowest BCUT2D eigenvalue weighted by Gasteiger charge is -2.42. The van der Waals surface area contributed by atoms with E-state index >= 15 is 0 Å². The number of ether oxygens (including phenoxy) is 1. The smallest absolute Gasteiger partial charge is 0.223 e. The number of rotatable bonds is 3. The Morgan fingerprint density at radius 2 is 1.89 bits per heavy atom. The van der Waals surface area contributed by atoms with Gasteiger partial charge >= 0.3 is 0 Å². The van der Waals surface area contributed by atoms with E-state index in [-0.39, 0.29) is 18.1 Å². The second kappa shape index (κ2) is 6.62. The highest BCUT2D eigenvalue weighted by atomic mass is 35.6. The van der Waals surface area contributed by atoms with Crippen molar-refractivity contribution in [3.63, 3.8) is 0 Å². The zero-order valence-electron chi connectivity index (χ0n) is 10.8. The average Bonchev–Trinajstić information content (AvgIpc) is 2.22. The van der Waals surface area contributed by atoms with Crippen LogP contribution in [0.15, 0.2) is 0 Å². The maximum absolute atomic E-state index is 11.5. The van der Waals surface area contributed by atoms with Crippen molar-refractivity contribution >= 4 is 40.7 Å². The van der Waals surface area contributed by atoms with E-state index in [9.17, 15) is 4.79 Å². The summed E-state index contributed by atoms with van der Waals surface area (Å²) in [5, 5.41) is 2.75. The first-order chi connectivity index (χ1) is 8.24. The lowest BCUT2D eigenvalue weighted by atomic mass is 10.2. The van der Waals surface area contributed by atoms with Crippen molar-refractivity contribution in [2.24, 2.45) is 0 Å². The third kappa shape index (κ3) is 4.74. The maximum atomic E-state index is 11.5. The molecule has 0 unspecified atom stereocenters. The fraction of sp³-hybridized carbons (Fsp3) is 0.909. The minimum absolute atomic E-state index is 0.0436. The van der Waals surface area contributed by atoms with Crippen LogP contribution in [0.4, 0.5) is 0 Å². The summed E-state index contributed by atoms with van der Waals surface area (Å²) in [6, 6.07) is 0. The zero-order valence-corrected chi connectivity index (χ0v) is 13.0. The highest BCUT2D eigenvalue weighted by Crippen LogP contribution is 2.33. The molecule has 0 aromatic heterocycles. The predicted octanol–water partition coefficient (Wildman–Crippen LogP) is 2.32. The van der Waals surface area contributed by atoms with Gasteiger partial charge in [-0.05, 0) is 13.8 Å². The van der Waals surface area contributed by atoms with Crippen molar-refractivity contribution in [2.45, 2.75) is 49.4 Å². The van der Waals surface area contributed by atoms with Gasteiger partial charge in [-0.3, -0.25) is 9.69 Å². The number of carbonyl (C=O) groups is 1. The fourth-order valence-corrected chi connectivity index (χ4v) is 2.64. The molecule has 7 heteroatoms. The van der Waals surface area contributed by atoms with E-state index in [1.807, 2.05) is 18.7 Å². The molecule has 0 saturated carbocycles. The first kappa shape index (κ1) is 16.3. The average molecular weight is 318 g/mol. The van der Waals surface area contributed by atoms with E-state index in [0.717, 1.165) is 0 Å². The quantitative estimate of drug-likeness (QED) is 0.812. The second-order valence-electron chi connectivity index (χ2n) is 4.58. The Bertz CT molecular complexity index is 287. The molecular formula is C11H19Cl3N2O2. The molecule has 1 N–H and O–H groups in total. The minimum Gasteiger partial charge on any atom is -0.373 e. The first-order valence-electron chi connectivity index (χ1n) is 5.99. The van der Waals surface area contributed by atoms with Crippen LogP contribution in [0.2, 0.25) is 0 Å². The number of alkyl halides is 3. The van der Waals surface area contributed by atoms with Crippen molar-refractivity contribution in [3.05, 3.63) is 0 Å². The van der Waals surface area contributed by atoms with Gasteiger partial charge in [-0.25, -0.2) is 0 Å². The summed E-state index contributed by atoms with van der Waals surface area (Å²) in [7, 11) is 0. The molecule has 0 aliphatic carbocycles. The number of amides is 1. The zero-order chi connectivity index (χ0) is 13.9. The molecule has 106 valence electrons. The molecule has 1 fully saturated rings. The molecule has 1 heterocycles. The molecule has 0 aromatic rings. The molecule has 0 spiro atoms. The van der Waals surface area contributed by atoms with Gasteiger partial charge in [0.1, 0.15) is 6.17 Å². The van der Waals surface area contributed by atoms with E-state index in [2.05, 4.69) is 5.32 Å². The predicted molar refractivity (Wildman–Crippen MR) is 74.1 cm³/mol. The Kier molecular flexibility index (Phi) is 6.00. The molecular weight excluding hydrogens is 298 g/mol. The van der Waals surface area contributed by atoms with Crippen LogP contribution in [-0.2, 0) is 9.53 Å². The Hall–Kier alpha value is 0.260. The molecule has 0 aromatic carbocycles. The summed E-state index contributed by atoms with van der Waals surface area (Å²) in [6.45, 7) is 6.91. The van der Waals surface area contributed by atoms with Crippen LogP contribution >= 0.6 is 34.8 Å². The van der Waals surface area contributed by atoms with Gasteiger partial charge in [-0.2, -0.15) is 0 Å². The van der Waals surface area contributed by atoms with E-state index < -0.39 is 9.96 Å². The van der Waals surface area contributed by atoms with Crippen LogP contribution < -0.4 is 5.32 Å². The highest BCUT2D eigenvalue weighted by Gasteiger charge is 2.40. The van der Waals surface area contributed by atoms with E-state index in [1.54, 1.807) is 6.92 Å². The third-order valence-electron chi connectivity index (χ3n) is 2.74. The van der Waals surface area contributed by atoms with Gasteiger partial charge in [0.05, 0.1) is 12.2 Å². The Labute approximate surface area is 123 Å². The van der Waals surface area contributed by atoms with Gasteiger partial charge in [0.2, 0.25) is 9.70 Å². The van der Waals surface area contributed by atoms with Crippen LogP contribution in [0.5, 0.6) is 0 Å². The topological polar surface area (TPSA) is 41.6 Å². The lowest BCUT2D eigenvalue weighted by Crippen LogP contribution is -2.60. The van der Waals surface area contributed by atoms with E-state index in [1.165, 1.54) is 0 Å². The number of carbonyl (C=O) groups excluding carboxylic acids is 1. The lowest BCUT2D eigenvalue weighted by molar-refractivity contribution is -0.126.